The fraction of sp³-hybridized carbons (Fsp3) is 0.333. The molecule has 0 spiro atoms. The monoisotopic (exact) mass is 378 g/mol. The number of ether oxygens (including phenoxy) is 1. The minimum Gasteiger partial charge on any atom is -0.481 e. The highest BCUT2D eigenvalue weighted by Crippen LogP contribution is 2.25. The predicted octanol–water partition coefficient (Wildman–Crippen LogP) is 5.09. The van der Waals surface area contributed by atoms with E-state index in [1.54, 1.807) is 37.8 Å². The minimum atomic E-state index is -3.20. The van der Waals surface area contributed by atoms with Gasteiger partial charge in [0.05, 0.1) is 7.11 Å². The lowest BCUT2D eigenvalue weighted by molar-refractivity contribution is -0.0155. The summed E-state index contributed by atoms with van der Waals surface area (Å²) >= 11 is 0. The maximum absolute atomic E-state index is 13.0. The van der Waals surface area contributed by atoms with Crippen LogP contribution in [0.1, 0.15) is 31.9 Å². The average Bonchev–Trinajstić information content (AvgIpc) is 2.71. The van der Waals surface area contributed by atoms with Gasteiger partial charge in [0.2, 0.25) is 5.88 Å². The van der Waals surface area contributed by atoms with Crippen LogP contribution in [0.2, 0.25) is 0 Å². The second kappa shape index (κ2) is 12.7. The molecule has 0 aromatic carbocycles. The first kappa shape index (κ1) is 24.4. The number of hydrogen-bond acceptors (Lipinski definition) is 4. The summed E-state index contributed by atoms with van der Waals surface area (Å²) in [5.74, 6) is -2.54. The van der Waals surface area contributed by atoms with Gasteiger partial charge in [0.1, 0.15) is 6.61 Å². The number of pyridine rings is 2. The van der Waals surface area contributed by atoms with Crippen LogP contribution < -0.4 is 4.74 Å². The number of hydrogen-bond donors (Lipinski definition) is 1. The van der Waals surface area contributed by atoms with Gasteiger partial charge in [-0.25, -0.2) is 4.98 Å². The number of halogens is 2. The Balaban J connectivity index is 0.000000519. The van der Waals surface area contributed by atoms with Crippen LogP contribution in [0.4, 0.5) is 8.78 Å². The lowest BCUT2D eigenvalue weighted by Gasteiger charge is -2.14. The van der Waals surface area contributed by atoms with Gasteiger partial charge in [-0.2, -0.15) is 8.78 Å². The van der Waals surface area contributed by atoms with Gasteiger partial charge in [-0.1, -0.05) is 32.6 Å². The number of methoxy groups -OCH3 is 1. The van der Waals surface area contributed by atoms with Crippen LogP contribution in [-0.2, 0) is 0 Å². The lowest BCUT2D eigenvalue weighted by atomic mass is 10.0. The zero-order valence-corrected chi connectivity index (χ0v) is 16.5. The molecule has 27 heavy (non-hydrogen) atoms. The Morgan fingerprint density at radius 3 is 2.37 bits per heavy atom. The van der Waals surface area contributed by atoms with Gasteiger partial charge in [-0.15, -0.1) is 0 Å². The molecule has 2 aromatic heterocycles. The smallest absolute Gasteiger partial charge is 0.291 e. The largest absolute Gasteiger partial charge is 0.481 e. The van der Waals surface area contributed by atoms with Crippen molar-refractivity contribution in [1.82, 2.24) is 9.97 Å². The highest BCUT2D eigenvalue weighted by atomic mass is 19.3. The zero-order valence-electron chi connectivity index (χ0n) is 16.5. The van der Waals surface area contributed by atoms with Crippen molar-refractivity contribution in [3.8, 4) is 5.88 Å². The number of nitrogens with zero attached hydrogens (tertiary/aromatic N) is 2. The third-order valence-electron chi connectivity index (χ3n) is 3.29. The Kier molecular flexibility index (Phi) is 11.5. The Morgan fingerprint density at radius 2 is 1.93 bits per heavy atom. The lowest BCUT2D eigenvalue weighted by Crippen LogP contribution is -2.22. The maximum Gasteiger partial charge on any atom is 0.291 e. The fourth-order valence-electron chi connectivity index (χ4n) is 1.70. The maximum atomic E-state index is 13.0. The number of aryl methyl sites for hydroxylation is 1. The number of aromatic nitrogens is 2. The SMILES string of the molecule is C=C(/C=C(\C)C(F)(F)CO)c1cccnc1.CC.COc1ccc(C)cn1. The topological polar surface area (TPSA) is 55.2 Å². The van der Waals surface area contributed by atoms with Crippen molar-refractivity contribution in [1.29, 1.82) is 0 Å². The molecule has 0 atom stereocenters. The molecule has 2 aromatic rings. The molecule has 0 amide bonds. The van der Waals surface area contributed by atoms with Crippen molar-refractivity contribution in [2.45, 2.75) is 33.6 Å². The van der Waals surface area contributed by atoms with E-state index >= 15 is 0 Å². The van der Waals surface area contributed by atoms with Crippen LogP contribution in [0.3, 0.4) is 0 Å². The summed E-state index contributed by atoms with van der Waals surface area (Å²) in [6.07, 6.45) is 6.17. The van der Waals surface area contributed by atoms with E-state index in [0.717, 1.165) is 5.56 Å². The number of alkyl halides is 2. The van der Waals surface area contributed by atoms with Gasteiger partial charge < -0.3 is 9.84 Å². The van der Waals surface area contributed by atoms with E-state index in [2.05, 4.69) is 16.5 Å². The molecule has 1 N–H and O–H groups in total. The molecule has 0 saturated carbocycles. The molecule has 0 fully saturated rings. The average molecular weight is 378 g/mol. The van der Waals surface area contributed by atoms with Gasteiger partial charge in [0.15, 0.2) is 0 Å². The van der Waals surface area contributed by atoms with Crippen LogP contribution >= 0.6 is 0 Å². The standard InChI is InChI=1S/C12H13F2NO.C7H9NO.C2H6/c1-9(11-4-3-5-15-7-11)6-10(2)12(13,14)8-16;1-6-3-4-7(9-2)8-5-6;1-2/h3-7,16H,1,8H2,2H3;3-5H,1-2H3;1-2H3/b10-6+;;. The van der Waals surface area contributed by atoms with E-state index in [0.29, 0.717) is 17.0 Å². The van der Waals surface area contributed by atoms with E-state index in [1.807, 2.05) is 32.9 Å². The Morgan fingerprint density at radius 1 is 1.26 bits per heavy atom. The van der Waals surface area contributed by atoms with Gasteiger partial charge in [0.25, 0.3) is 5.92 Å². The molecule has 0 radical (unpaired) electrons. The van der Waals surface area contributed by atoms with Gasteiger partial charge >= 0.3 is 0 Å². The third-order valence-corrected chi connectivity index (χ3v) is 3.29. The summed E-state index contributed by atoms with van der Waals surface area (Å²) < 4.78 is 31.0. The molecular formula is C21H28F2N2O2. The van der Waals surface area contributed by atoms with E-state index in [9.17, 15) is 8.78 Å². The summed E-state index contributed by atoms with van der Waals surface area (Å²) in [6.45, 7) is 9.74. The van der Waals surface area contributed by atoms with Crippen molar-refractivity contribution < 1.29 is 18.6 Å². The molecule has 0 aliphatic rings. The second-order valence-corrected chi connectivity index (χ2v) is 5.33. The summed E-state index contributed by atoms with van der Waals surface area (Å²) in [4.78, 5) is 7.84. The molecule has 6 heteroatoms. The first-order valence-corrected chi connectivity index (χ1v) is 8.53. The molecule has 0 unspecified atom stereocenters. The normalized spacial score (nSPS) is 10.7. The Bertz CT molecular complexity index is 700. The molecule has 4 nitrogen and oxygen atoms in total. The number of allylic oxidation sites excluding steroid dienone is 2. The summed E-state index contributed by atoms with van der Waals surface area (Å²) in [7, 11) is 1.61. The van der Waals surface area contributed by atoms with Crippen molar-refractivity contribution in [3.05, 3.63) is 72.2 Å². The Hall–Kier alpha value is -2.60. The van der Waals surface area contributed by atoms with Crippen LogP contribution in [0.25, 0.3) is 5.57 Å². The molecular weight excluding hydrogens is 350 g/mol. The highest BCUT2D eigenvalue weighted by molar-refractivity contribution is 5.72. The number of rotatable bonds is 5. The van der Waals surface area contributed by atoms with Gasteiger partial charge in [-0.05, 0) is 48.3 Å². The third kappa shape index (κ3) is 9.06. The van der Waals surface area contributed by atoms with Crippen molar-refractivity contribution >= 4 is 5.57 Å². The first-order chi connectivity index (χ1) is 12.8. The molecule has 2 rings (SSSR count). The van der Waals surface area contributed by atoms with E-state index in [1.165, 1.54) is 13.0 Å². The molecule has 0 aliphatic heterocycles. The molecule has 0 saturated heterocycles. The molecule has 148 valence electrons. The van der Waals surface area contributed by atoms with Crippen molar-refractivity contribution in [2.24, 2.45) is 0 Å². The van der Waals surface area contributed by atoms with Gasteiger partial charge in [0, 0.05) is 24.7 Å². The summed E-state index contributed by atoms with van der Waals surface area (Å²) in [6, 6.07) is 7.24. The molecule has 2 heterocycles. The van der Waals surface area contributed by atoms with Crippen LogP contribution in [0.15, 0.2) is 61.1 Å². The molecule has 0 bridgehead atoms. The van der Waals surface area contributed by atoms with Gasteiger partial charge in [-0.3, -0.25) is 4.98 Å². The van der Waals surface area contributed by atoms with E-state index in [-0.39, 0.29) is 5.57 Å². The Labute approximate surface area is 160 Å². The zero-order chi connectivity index (χ0) is 20.9. The van der Waals surface area contributed by atoms with Crippen LogP contribution in [-0.4, -0.2) is 34.7 Å². The second-order valence-electron chi connectivity index (χ2n) is 5.33. The number of aliphatic hydroxyl groups is 1. The highest BCUT2D eigenvalue weighted by Gasteiger charge is 2.29. The quantitative estimate of drug-likeness (QED) is 0.736. The van der Waals surface area contributed by atoms with E-state index in [4.69, 9.17) is 9.84 Å². The predicted molar refractivity (Wildman–Crippen MR) is 106 cm³/mol. The number of aliphatic hydroxyl groups excluding tert-OH is 1. The van der Waals surface area contributed by atoms with Crippen LogP contribution in [0, 0.1) is 6.92 Å². The summed E-state index contributed by atoms with van der Waals surface area (Å²) in [5, 5.41) is 8.52. The minimum absolute atomic E-state index is 0.219. The first-order valence-electron chi connectivity index (χ1n) is 8.53. The van der Waals surface area contributed by atoms with Crippen molar-refractivity contribution in [2.75, 3.05) is 13.7 Å². The summed E-state index contributed by atoms with van der Waals surface area (Å²) in [5.41, 5.74) is 2.05. The van der Waals surface area contributed by atoms with Crippen molar-refractivity contribution in [3.63, 3.8) is 0 Å². The van der Waals surface area contributed by atoms with E-state index < -0.39 is 12.5 Å². The van der Waals surface area contributed by atoms with Crippen LogP contribution in [0.5, 0.6) is 5.88 Å². The molecule has 0 aliphatic carbocycles. The fourth-order valence-corrected chi connectivity index (χ4v) is 1.70.